The van der Waals surface area contributed by atoms with Crippen LogP contribution in [0.5, 0.6) is 0 Å². The van der Waals surface area contributed by atoms with Gasteiger partial charge in [-0.3, -0.25) is 18.3 Å². The number of rotatable bonds is 6. The van der Waals surface area contributed by atoms with E-state index in [4.69, 9.17) is 4.74 Å². The van der Waals surface area contributed by atoms with Crippen LogP contribution in [-0.2, 0) is 18.2 Å². The highest BCUT2D eigenvalue weighted by molar-refractivity contribution is 5.20. The highest BCUT2D eigenvalue weighted by Gasteiger charge is 2.03. The Balaban J connectivity index is 1.99. The molecule has 0 amide bonds. The minimum Gasteiger partial charge on any atom is -0.340 e. The molecule has 21 heavy (non-hydrogen) atoms. The van der Waals surface area contributed by atoms with Crippen molar-refractivity contribution in [2.24, 2.45) is 0 Å². The fourth-order valence-corrected chi connectivity index (χ4v) is 1.84. The Bertz CT molecular complexity index is 694. The van der Waals surface area contributed by atoms with Crippen LogP contribution in [0.25, 0.3) is 12.4 Å². The minimum absolute atomic E-state index is 0.0879. The lowest BCUT2D eigenvalue weighted by Gasteiger charge is -2.04. The summed E-state index contributed by atoms with van der Waals surface area (Å²) in [6, 6.07) is 0. The molecule has 0 N–H and O–H groups in total. The smallest absolute Gasteiger partial charge is 0.334 e. The van der Waals surface area contributed by atoms with Crippen molar-refractivity contribution in [2.45, 2.75) is 27.3 Å². The van der Waals surface area contributed by atoms with Gasteiger partial charge in [0.25, 0.3) is 0 Å². The lowest BCUT2D eigenvalue weighted by atomic mass is 10.7. The van der Waals surface area contributed by atoms with E-state index in [-0.39, 0.29) is 24.8 Å². The minimum atomic E-state index is -0.188. The maximum absolute atomic E-state index is 11.9. The summed E-state index contributed by atoms with van der Waals surface area (Å²) in [6.45, 7) is 3.85. The van der Waals surface area contributed by atoms with Crippen molar-refractivity contribution in [2.75, 3.05) is 0 Å². The van der Waals surface area contributed by atoms with Crippen LogP contribution in [0, 0.1) is 0 Å². The van der Waals surface area contributed by atoms with Gasteiger partial charge in [0.05, 0.1) is 0 Å². The zero-order valence-electron chi connectivity index (χ0n) is 12.0. The van der Waals surface area contributed by atoms with Gasteiger partial charge in [-0.2, -0.15) is 0 Å². The second-order valence-corrected chi connectivity index (χ2v) is 4.34. The van der Waals surface area contributed by atoms with Crippen molar-refractivity contribution < 1.29 is 4.74 Å². The molecule has 0 spiro atoms. The van der Waals surface area contributed by atoms with Crippen LogP contribution in [0.2, 0.25) is 0 Å². The summed E-state index contributed by atoms with van der Waals surface area (Å²) < 4.78 is 11.2. The molecule has 2 aromatic rings. The van der Waals surface area contributed by atoms with Crippen molar-refractivity contribution in [3.63, 3.8) is 0 Å². The van der Waals surface area contributed by atoms with Crippen LogP contribution < -0.4 is 11.4 Å². The van der Waals surface area contributed by atoms with Crippen molar-refractivity contribution in [1.82, 2.24) is 18.3 Å². The third kappa shape index (κ3) is 3.32. The van der Waals surface area contributed by atoms with E-state index in [9.17, 15) is 9.59 Å². The Morgan fingerprint density at radius 3 is 1.67 bits per heavy atom. The number of nitrogens with zero attached hydrogens (tertiary/aromatic N) is 4. The molecule has 0 unspecified atom stereocenters. The van der Waals surface area contributed by atoms with Gasteiger partial charge in [-0.1, -0.05) is 12.2 Å². The van der Waals surface area contributed by atoms with Crippen LogP contribution in [0.1, 0.15) is 13.8 Å². The summed E-state index contributed by atoms with van der Waals surface area (Å²) in [5.41, 5.74) is -0.376. The highest BCUT2D eigenvalue weighted by atomic mass is 16.5. The third-order valence-corrected chi connectivity index (χ3v) is 2.83. The van der Waals surface area contributed by atoms with Gasteiger partial charge in [0, 0.05) is 37.2 Å². The fraction of sp³-hybridized carbons (Fsp3) is 0.286. The van der Waals surface area contributed by atoms with Crippen LogP contribution in [-0.4, -0.2) is 18.3 Å². The topological polar surface area (TPSA) is 63.1 Å². The first kappa shape index (κ1) is 14.9. The maximum Gasteiger partial charge on any atom is 0.334 e. The molecule has 7 nitrogen and oxygen atoms in total. The van der Waals surface area contributed by atoms with Gasteiger partial charge in [0.15, 0.2) is 0 Å². The summed E-state index contributed by atoms with van der Waals surface area (Å²) >= 11 is 0. The van der Waals surface area contributed by atoms with Gasteiger partial charge in [-0.25, -0.2) is 9.59 Å². The van der Waals surface area contributed by atoms with E-state index in [0.717, 1.165) is 0 Å². The molecule has 0 radical (unpaired) electrons. The van der Waals surface area contributed by atoms with Crippen molar-refractivity contribution in [1.29, 1.82) is 0 Å². The second kappa shape index (κ2) is 6.76. The Hall–Kier alpha value is -2.54. The standard InChI is InChI=1S/C14H18N4O3/c1-3-5-15-7-9-17(13(15)19)11-21-12-18-10-8-16(6-4-2)14(18)20/h3-10H,11-12H2,1-2H3/b5-3+,6-4+. The molecule has 0 aliphatic heterocycles. The largest absolute Gasteiger partial charge is 0.340 e. The zero-order valence-corrected chi connectivity index (χ0v) is 12.0. The molecule has 0 bridgehead atoms. The molecular weight excluding hydrogens is 272 g/mol. The van der Waals surface area contributed by atoms with Crippen molar-refractivity contribution >= 4 is 12.4 Å². The van der Waals surface area contributed by atoms with E-state index in [2.05, 4.69) is 0 Å². The maximum atomic E-state index is 11.9. The SMILES string of the molecule is C/C=C/n1ccn(COCn2ccn(/C=C/C)c2=O)c1=O. The first-order valence-electron chi connectivity index (χ1n) is 6.55. The molecule has 0 fully saturated rings. The quantitative estimate of drug-likeness (QED) is 0.803. The van der Waals surface area contributed by atoms with Crippen LogP contribution in [0.4, 0.5) is 0 Å². The summed E-state index contributed by atoms with van der Waals surface area (Å²) in [4.78, 5) is 23.7. The Morgan fingerprint density at radius 2 is 1.29 bits per heavy atom. The molecule has 0 saturated carbocycles. The third-order valence-electron chi connectivity index (χ3n) is 2.83. The molecule has 7 heteroatoms. The van der Waals surface area contributed by atoms with Gasteiger partial charge < -0.3 is 4.74 Å². The highest BCUT2D eigenvalue weighted by Crippen LogP contribution is 1.92. The monoisotopic (exact) mass is 290 g/mol. The zero-order chi connectivity index (χ0) is 15.2. The molecule has 2 heterocycles. The Morgan fingerprint density at radius 1 is 0.857 bits per heavy atom. The normalized spacial score (nSPS) is 11.9. The number of hydrogen-bond donors (Lipinski definition) is 0. The predicted molar refractivity (Wildman–Crippen MR) is 80.5 cm³/mol. The van der Waals surface area contributed by atoms with Gasteiger partial charge in [-0.15, -0.1) is 0 Å². The lowest BCUT2D eigenvalue weighted by molar-refractivity contribution is 0.0238. The van der Waals surface area contributed by atoms with E-state index < -0.39 is 0 Å². The number of aromatic nitrogens is 4. The lowest BCUT2D eigenvalue weighted by Crippen LogP contribution is -2.25. The molecular formula is C14H18N4O3. The predicted octanol–water partition coefficient (Wildman–Crippen LogP) is 1.23. The molecule has 0 aliphatic carbocycles. The average molecular weight is 290 g/mol. The summed E-state index contributed by atoms with van der Waals surface area (Å²) in [7, 11) is 0. The van der Waals surface area contributed by atoms with Gasteiger partial charge >= 0.3 is 11.4 Å². The van der Waals surface area contributed by atoms with Crippen molar-refractivity contribution in [3.8, 4) is 0 Å². The molecule has 0 saturated heterocycles. The average Bonchev–Trinajstić information content (AvgIpc) is 2.99. The molecule has 0 atom stereocenters. The first-order valence-corrected chi connectivity index (χ1v) is 6.55. The number of imidazole rings is 2. The van der Waals surface area contributed by atoms with Gasteiger partial charge in [0.1, 0.15) is 13.5 Å². The van der Waals surface area contributed by atoms with Crippen molar-refractivity contribution in [3.05, 3.63) is 57.9 Å². The second-order valence-electron chi connectivity index (χ2n) is 4.34. The fourth-order valence-electron chi connectivity index (χ4n) is 1.84. The van der Waals surface area contributed by atoms with Crippen LogP contribution in [0.3, 0.4) is 0 Å². The first-order chi connectivity index (χ1) is 10.2. The summed E-state index contributed by atoms with van der Waals surface area (Å²) in [5.74, 6) is 0. The Labute approximate surface area is 121 Å². The van der Waals surface area contributed by atoms with E-state index in [1.807, 2.05) is 13.8 Å². The van der Waals surface area contributed by atoms with E-state index in [1.54, 1.807) is 49.3 Å². The van der Waals surface area contributed by atoms with Gasteiger partial charge in [0.2, 0.25) is 0 Å². The number of ether oxygens (including phenoxy) is 1. The van der Waals surface area contributed by atoms with Crippen LogP contribution in [0.15, 0.2) is 46.5 Å². The number of allylic oxidation sites excluding steroid dienone is 2. The molecule has 2 aromatic heterocycles. The van der Waals surface area contributed by atoms with Crippen LogP contribution >= 0.6 is 0 Å². The van der Waals surface area contributed by atoms with E-state index in [0.29, 0.717) is 0 Å². The summed E-state index contributed by atoms with van der Waals surface area (Å²) in [5, 5.41) is 0. The van der Waals surface area contributed by atoms with E-state index in [1.165, 1.54) is 18.3 Å². The summed E-state index contributed by atoms with van der Waals surface area (Å²) in [6.07, 6.45) is 13.5. The molecule has 112 valence electrons. The molecule has 0 aliphatic rings. The number of hydrogen-bond acceptors (Lipinski definition) is 3. The Kier molecular flexibility index (Phi) is 4.78. The van der Waals surface area contributed by atoms with Gasteiger partial charge in [-0.05, 0) is 13.8 Å². The molecule has 2 rings (SSSR count). The molecule has 0 aromatic carbocycles. The van der Waals surface area contributed by atoms with E-state index >= 15 is 0 Å².